The van der Waals surface area contributed by atoms with Crippen LogP contribution < -0.4 is 5.32 Å². The van der Waals surface area contributed by atoms with Crippen molar-refractivity contribution in [1.29, 1.82) is 0 Å². The van der Waals surface area contributed by atoms with Crippen LogP contribution in [0.2, 0.25) is 0 Å². The van der Waals surface area contributed by atoms with Crippen molar-refractivity contribution in [3.05, 3.63) is 30.6 Å². The van der Waals surface area contributed by atoms with Gasteiger partial charge in [0.1, 0.15) is 18.2 Å². The standard InChI is InChI=1S/C23H28N4O3/c28-22(30-20-15-7-14-8-16(20)11-23(29,9-14)10-15)27-6-5-17(12-27)26-21-18-3-1-2-4-19(18)24-13-25-21/h1-4,13-17,20,29H,5-12H2,(H,24,25,26)/t14?,15?,16?,17-,20?,23?/m1/s1. The Morgan fingerprint density at radius 2 is 1.97 bits per heavy atom. The van der Waals surface area contributed by atoms with Gasteiger partial charge in [0.25, 0.3) is 0 Å². The second-order valence-corrected chi connectivity index (χ2v) is 9.86. The highest BCUT2D eigenvalue weighted by Crippen LogP contribution is 2.56. The Labute approximate surface area is 175 Å². The number of anilines is 1. The van der Waals surface area contributed by atoms with Gasteiger partial charge < -0.3 is 20.1 Å². The van der Waals surface area contributed by atoms with Gasteiger partial charge in [-0.2, -0.15) is 0 Å². The first kappa shape index (κ1) is 18.4. The first-order valence-corrected chi connectivity index (χ1v) is 11.2. The van der Waals surface area contributed by atoms with Gasteiger partial charge in [0.05, 0.1) is 11.1 Å². The van der Waals surface area contributed by atoms with Crippen molar-refractivity contribution in [1.82, 2.24) is 14.9 Å². The molecule has 30 heavy (non-hydrogen) atoms. The number of carbonyl (C=O) groups is 1. The first-order valence-electron chi connectivity index (χ1n) is 11.2. The Morgan fingerprint density at radius 3 is 2.77 bits per heavy atom. The lowest BCUT2D eigenvalue weighted by molar-refractivity contribution is -0.177. The summed E-state index contributed by atoms with van der Waals surface area (Å²) in [6.07, 6.45) is 6.95. The van der Waals surface area contributed by atoms with E-state index in [-0.39, 0.29) is 18.2 Å². The topological polar surface area (TPSA) is 87.6 Å². The molecule has 0 radical (unpaired) electrons. The van der Waals surface area contributed by atoms with Gasteiger partial charge in [-0.25, -0.2) is 14.8 Å². The summed E-state index contributed by atoms with van der Waals surface area (Å²) in [5, 5.41) is 15.2. The number of carbonyl (C=O) groups excluding carboxylic acids is 1. The molecule has 2 heterocycles. The van der Waals surface area contributed by atoms with Crippen molar-refractivity contribution >= 4 is 22.8 Å². The summed E-state index contributed by atoms with van der Waals surface area (Å²) in [5.74, 6) is 2.09. The SMILES string of the molecule is O=C(OC1C2CC3CC1CC(O)(C3)C2)N1CC[C@@H](Nc2ncnc3ccccc23)C1. The summed E-state index contributed by atoms with van der Waals surface area (Å²) in [6, 6.07) is 8.09. The number of nitrogens with one attached hydrogen (secondary N) is 1. The lowest BCUT2D eigenvalue weighted by Crippen LogP contribution is -2.58. The zero-order valence-electron chi connectivity index (χ0n) is 17.0. The Bertz CT molecular complexity index is 961. The second kappa shape index (κ2) is 6.80. The van der Waals surface area contributed by atoms with Crippen molar-refractivity contribution in [3.63, 3.8) is 0 Å². The number of rotatable bonds is 3. The van der Waals surface area contributed by atoms with Crippen LogP contribution in [0.4, 0.5) is 10.6 Å². The van der Waals surface area contributed by atoms with Gasteiger partial charge in [-0.3, -0.25) is 0 Å². The predicted molar refractivity (Wildman–Crippen MR) is 112 cm³/mol. The molecule has 7 nitrogen and oxygen atoms in total. The molecule has 2 unspecified atom stereocenters. The molecule has 2 aromatic rings. The smallest absolute Gasteiger partial charge is 0.410 e. The predicted octanol–water partition coefficient (Wildman–Crippen LogP) is 3.19. The van der Waals surface area contributed by atoms with Gasteiger partial charge >= 0.3 is 6.09 Å². The molecular formula is C23H28N4O3. The quantitative estimate of drug-likeness (QED) is 0.811. The number of ether oxygens (including phenoxy) is 1. The van der Waals surface area contributed by atoms with E-state index in [2.05, 4.69) is 15.3 Å². The number of para-hydroxylation sites is 1. The molecule has 4 saturated carbocycles. The summed E-state index contributed by atoms with van der Waals surface area (Å²) >= 11 is 0. The fourth-order valence-electron chi connectivity index (χ4n) is 6.68. The van der Waals surface area contributed by atoms with Crippen molar-refractivity contribution in [2.24, 2.45) is 17.8 Å². The van der Waals surface area contributed by atoms with Gasteiger partial charge in [0.15, 0.2) is 0 Å². The van der Waals surface area contributed by atoms with Crippen molar-refractivity contribution < 1.29 is 14.6 Å². The number of likely N-dealkylation sites (tertiary alicyclic amines) is 1. The average Bonchev–Trinajstić information content (AvgIpc) is 3.18. The summed E-state index contributed by atoms with van der Waals surface area (Å²) in [4.78, 5) is 23.5. The molecule has 4 aliphatic carbocycles. The fourth-order valence-corrected chi connectivity index (χ4v) is 6.68. The van der Waals surface area contributed by atoms with E-state index in [1.54, 1.807) is 6.33 Å². The number of nitrogens with zero attached hydrogens (tertiary/aromatic N) is 3. The average molecular weight is 409 g/mol. The molecule has 1 aromatic heterocycles. The van der Waals surface area contributed by atoms with Gasteiger partial charge in [-0.05, 0) is 68.4 Å². The van der Waals surface area contributed by atoms with Crippen LogP contribution in [0.15, 0.2) is 30.6 Å². The number of aromatic nitrogens is 2. The number of hydrogen-bond donors (Lipinski definition) is 2. The highest BCUT2D eigenvalue weighted by Gasteiger charge is 2.56. The van der Waals surface area contributed by atoms with Crippen LogP contribution in [0.25, 0.3) is 10.9 Å². The van der Waals surface area contributed by atoms with Crippen LogP contribution in [-0.2, 0) is 4.74 Å². The molecule has 0 spiro atoms. The Hall–Kier alpha value is -2.41. The minimum absolute atomic E-state index is 0.0212. The van der Waals surface area contributed by atoms with Gasteiger partial charge in [0.2, 0.25) is 0 Å². The monoisotopic (exact) mass is 408 g/mol. The van der Waals surface area contributed by atoms with Crippen LogP contribution in [0.3, 0.4) is 0 Å². The molecule has 2 N–H and O–H groups in total. The third-order valence-corrected chi connectivity index (χ3v) is 7.72. The van der Waals surface area contributed by atoms with Crippen molar-refractivity contribution in [2.75, 3.05) is 18.4 Å². The molecule has 1 aromatic carbocycles. The Morgan fingerprint density at radius 1 is 1.17 bits per heavy atom. The second-order valence-electron chi connectivity index (χ2n) is 9.86. The van der Waals surface area contributed by atoms with Crippen LogP contribution in [0.5, 0.6) is 0 Å². The molecule has 5 fully saturated rings. The van der Waals surface area contributed by atoms with Gasteiger partial charge in [-0.1, -0.05) is 12.1 Å². The maximum atomic E-state index is 12.9. The fraction of sp³-hybridized carbons (Fsp3) is 0.609. The largest absolute Gasteiger partial charge is 0.446 e. The van der Waals surface area contributed by atoms with E-state index in [0.717, 1.165) is 55.2 Å². The van der Waals surface area contributed by atoms with Crippen molar-refractivity contribution in [2.45, 2.75) is 56.3 Å². The number of amides is 1. The van der Waals surface area contributed by atoms with E-state index in [1.165, 1.54) is 0 Å². The molecule has 1 amide bonds. The first-order chi connectivity index (χ1) is 14.6. The Balaban J connectivity index is 1.10. The molecule has 4 bridgehead atoms. The molecule has 5 aliphatic rings. The molecular weight excluding hydrogens is 380 g/mol. The van der Waals surface area contributed by atoms with Gasteiger partial charge in [-0.15, -0.1) is 0 Å². The molecule has 7 heteroatoms. The molecule has 1 aliphatic heterocycles. The normalized spacial score (nSPS) is 37.0. The molecule has 158 valence electrons. The minimum atomic E-state index is -0.498. The molecule has 3 atom stereocenters. The highest BCUT2D eigenvalue weighted by atomic mass is 16.6. The third kappa shape index (κ3) is 3.11. The van der Waals surface area contributed by atoms with Gasteiger partial charge in [0, 0.05) is 24.5 Å². The minimum Gasteiger partial charge on any atom is -0.446 e. The van der Waals surface area contributed by atoms with Crippen LogP contribution >= 0.6 is 0 Å². The number of aliphatic hydroxyl groups is 1. The summed E-state index contributed by atoms with van der Waals surface area (Å²) < 4.78 is 6.05. The highest BCUT2D eigenvalue weighted by molar-refractivity contribution is 5.88. The lowest BCUT2D eigenvalue weighted by Gasteiger charge is -2.57. The van der Waals surface area contributed by atoms with E-state index >= 15 is 0 Å². The number of fused-ring (bicyclic) bond motifs is 1. The third-order valence-electron chi connectivity index (χ3n) is 7.72. The maximum absolute atomic E-state index is 12.9. The Kier molecular flexibility index (Phi) is 4.17. The van der Waals surface area contributed by atoms with E-state index < -0.39 is 5.60 Å². The molecule has 7 rings (SSSR count). The van der Waals surface area contributed by atoms with Crippen LogP contribution in [-0.4, -0.2) is 56.9 Å². The van der Waals surface area contributed by atoms with Crippen LogP contribution in [0.1, 0.15) is 38.5 Å². The van der Waals surface area contributed by atoms with E-state index in [0.29, 0.717) is 30.8 Å². The van der Waals surface area contributed by atoms with Crippen LogP contribution in [0, 0.1) is 17.8 Å². The summed E-state index contributed by atoms with van der Waals surface area (Å²) in [5.41, 5.74) is 0.412. The zero-order valence-corrected chi connectivity index (χ0v) is 17.0. The number of hydrogen-bond acceptors (Lipinski definition) is 6. The van der Waals surface area contributed by atoms with Crippen molar-refractivity contribution in [3.8, 4) is 0 Å². The zero-order chi connectivity index (χ0) is 20.3. The van der Waals surface area contributed by atoms with E-state index in [1.807, 2.05) is 29.2 Å². The maximum Gasteiger partial charge on any atom is 0.410 e. The van der Waals surface area contributed by atoms with E-state index in [9.17, 15) is 9.90 Å². The number of benzene rings is 1. The lowest BCUT2D eigenvalue weighted by atomic mass is 9.53. The summed E-state index contributed by atoms with van der Waals surface area (Å²) in [6.45, 7) is 1.31. The molecule has 1 saturated heterocycles. The van der Waals surface area contributed by atoms with E-state index in [4.69, 9.17) is 4.74 Å². The summed E-state index contributed by atoms with van der Waals surface area (Å²) in [7, 11) is 0.